The van der Waals surface area contributed by atoms with Crippen LogP contribution < -0.4 is 9.47 Å². The van der Waals surface area contributed by atoms with Crippen LogP contribution in [0, 0.1) is 5.92 Å². The van der Waals surface area contributed by atoms with Crippen LogP contribution in [0.3, 0.4) is 0 Å². The monoisotopic (exact) mass is 305 g/mol. The number of rotatable bonds is 3. The zero-order chi connectivity index (χ0) is 15.5. The zero-order valence-electron chi connectivity index (χ0n) is 12.5. The number of piperidine rings is 1. The summed E-state index contributed by atoms with van der Waals surface area (Å²) in [7, 11) is 0. The second-order valence-corrected chi connectivity index (χ2v) is 5.41. The maximum atomic E-state index is 12.6. The van der Waals surface area contributed by atoms with Crippen LogP contribution in [0.4, 0.5) is 0 Å². The minimum absolute atomic E-state index is 0.0905. The molecule has 0 spiro atoms. The van der Waals surface area contributed by atoms with E-state index in [0.29, 0.717) is 36.8 Å². The molecule has 1 aromatic rings. The molecular formula is C16H19NO5. The Morgan fingerprint density at radius 2 is 2.14 bits per heavy atom. The summed E-state index contributed by atoms with van der Waals surface area (Å²) in [4.78, 5) is 26.2. The number of ether oxygens (including phenoxy) is 3. The SMILES string of the molecule is CCOC(=O)[C@@H]1CCCN(C(=O)c2ccc3c(c2)OCO3)C1. The van der Waals surface area contributed by atoms with E-state index in [9.17, 15) is 9.59 Å². The normalized spacial score (nSPS) is 19.9. The fraction of sp³-hybridized carbons (Fsp3) is 0.500. The highest BCUT2D eigenvalue weighted by Gasteiger charge is 2.30. The van der Waals surface area contributed by atoms with Crippen LogP contribution in [0.1, 0.15) is 30.1 Å². The van der Waals surface area contributed by atoms with Gasteiger partial charge in [-0.25, -0.2) is 0 Å². The Hall–Kier alpha value is -2.24. The van der Waals surface area contributed by atoms with Crippen LogP contribution >= 0.6 is 0 Å². The molecule has 0 N–H and O–H groups in total. The van der Waals surface area contributed by atoms with Crippen molar-refractivity contribution in [2.45, 2.75) is 19.8 Å². The third kappa shape index (κ3) is 2.86. The summed E-state index contributed by atoms with van der Waals surface area (Å²) < 4.78 is 15.6. The molecule has 0 aliphatic carbocycles. The lowest BCUT2D eigenvalue weighted by atomic mass is 9.97. The molecular weight excluding hydrogens is 286 g/mol. The number of benzene rings is 1. The number of amides is 1. The van der Waals surface area contributed by atoms with Crippen molar-refractivity contribution in [2.24, 2.45) is 5.92 Å². The Morgan fingerprint density at radius 3 is 2.95 bits per heavy atom. The molecule has 1 atom stereocenters. The Morgan fingerprint density at radius 1 is 1.32 bits per heavy atom. The molecule has 6 nitrogen and oxygen atoms in total. The minimum atomic E-state index is -0.230. The lowest BCUT2D eigenvalue weighted by Crippen LogP contribution is -2.42. The molecule has 1 aromatic carbocycles. The van der Waals surface area contributed by atoms with Crippen molar-refractivity contribution in [3.05, 3.63) is 23.8 Å². The Balaban J connectivity index is 1.70. The van der Waals surface area contributed by atoms with Crippen LogP contribution in [0.15, 0.2) is 18.2 Å². The van der Waals surface area contributed by atoms with E-state index in [1.54, 1.807) is 30.0 Å². The van der Waals surface area contributed by atoms with Gasteiger partial charge in [-0.1, -0.05) is 0 Å². The van der Waals surface area contributed by atoms with Gasteiger partial charge in [0.2, 0.25) is 6.79 Å². The fourth-order valence-corrected chi connectivity index (χ4v) is 2.83. The van der Waals surface area contributed by atoms with E-state index in [2.05, 4.69) is 0 Å². The summed E-state index contributed by atoms with van der Waals surface area (Å²) in [6.07, 6.45) is 1.57. The molecule has 2 heterocycles. The van der Waals surface area contributed by atoms with Crippen LogP contribution in [0.25, 0.3) is 0 Å². The maximum absolute atomic E-state index is 12.6. The van der Waals surface area contributed by atoms with Crippen molar-refractivity contribution in [1.82, 2.24) is 4.90 Å². The van der Waals surface area contributed by atoms with Crippen molar-refractivity contribution in [1.29, 1.82) is 0 Å². The van der Waals surface area contributed by atoms with Crippen molar-refractivity contribution in [3.63, 3.8) is 0 Å². The quantitative estimate of drug-likeness (QED) is 0.797. The predicted molar refractivity (Wildman–Crippen MR) is 77.8 cm³/mol. The van der Waals surface area contributed by atoms with Gasteiger partial charge in [-0.3, -0.25) is 9.59 Å². The van der Waals surface area contributed by atoms with Crippen molar-refractivity contribution >= 4 is 11.9 Å². The number of esters is 1. The highest BCUT2D eigenvalue weighted by Crippen LogP contribution is 2.33. The summed E-state index contributed by atoms with van der Waals surface area (Å²) >= 11 is 0. The largest absolute Gasteiger partial charge is 0.466 e. The van der Waals surface area contributed by atoms with Crippen molar-refractivity contribution < 1.29 is 23.8 Å². The molecule has 0 bridgehead atoms. The highest BCUT2D eigenvalue weighted by molar-refractivity contribution is 5.95. The molecule has 1 fully saturated rings. The smallest absolute Gasteiger partial charge is 0.310 e. The van der Waals surface area contributed by atoms with Gasteiger partial charge in [0.25, 0.3) is 5.91 Å². The molecule has 6 heteroatoms. The summed E-state index contributed by atoms with van der Waals surface area (Å²) in [6, 6.07) is 5.16. The van der Waals surface area contributed by atoms with Gasteiger partial charge in [0.15, 0.2) is 11.5 Å². The lowest BCUT2D eigenvalue weighted by molar-refractivity contribution is -0.149. The van der Waals surface area contributed by atoms with E-state index >= 15 is 0 Å². The van der Waals surface area contributed by atoms with Crippen LogP contribution in [-0.4, -0.2) is 43.3 Å². The number of hydrogen-bond acceptors (Lipinski definition) is 5. The zero-order valence-corrected chi connectivity index (χ0v) is 12.5. The summed E-state index contributed by atoms with van der Waals surface area (Å²) in [5, 5.41) is 0. The van der Waals surface area contributed by atoms with Gasteiger partial charge >= 0.3 is 5.97 Å². The number of likely N-dealkylation sites (tertiary alicyclic amines) is 1. The minimum Gasteiger partial charge on any atom is -0.466 e. The average Bonchev–Trinajstić information content (AvgIpc) is 3.02. The maximum Gasteiger partial charge on any atom is 0.310 e. The molecule has 2 aliphatic heterocycles. The highest BCUT2D eigenvalue weighted by atomic mass is 16.7. The molecule has 22 heavy (non-hydrogen) atoms. The molecule has 0 radical (unpaired) electrons. The van der Waals surface area contributed by atoms with E-state index < -0.39 is 0 Å². The number of carbonyl (C=O) groups is 2. The van der Waals surface area contributed by atoms with Gasteiger partial charge in [-0.15, -0.1) is 0 Å². The molecule has 0 aromatic heterocycles. The molecule has 2 aliphatic rings. The van der Waals surface area contributed by atoms with Crippen LogP contribution in [-0.2, 0) is 9.53 Å². The summed E-state index contributed by atoms with van der Waals surface area (Å²) in [5.74, 6) is 0.703. The first-order valence-corrected chi connectivity index (χ1v) is 7.54. The standard InChI is InChI=1S/C16H19NO5/c1-2-20-16(19)12-4-3-7-17(9-12)15(18)11-5-6-13-14(8-11)22-10-21-13/h5-6,8,12H,2-4,7,9-10H2,1H3/t12-/m1/s1. The first-order chi connectivity index (χ1) is 10.7. The van der Waals surface area contributed by atoms with Crippen LogP contribution in [0.2, 0.25) is 0 Å². The van der Waals surface area contributed by atoms with Gasteiger partial charge in [-0.2, -0.15) is 0 Å². The Bertz CT molecular complexity index is 586. The van der Waals surface area contributed by atoms with Gasteiger partial charge in [0, 0.05) is 18.7 Å². The fourth-order valence-electron chi connectivity index (χ4n) is 2.83. The molecule has 3 rings (SSSR count). The molecule has 0 unspecified atom stereocenters. The van der Waals surface area contributed by atoms with Gasteiger partial charge in [0.1, 0.15) is 0 Å². The van der Waals surface area contributed by atoms with Gasteiger partial charge < -0.3 is 19.1 Å². The van der Waals surface area contributed by atoms with E-state index in [0.717, 1.165) is 12.8 Å². The third-order valence-corrected chi connectivity index (χ3v) is 3.95. The molecule has 0 saturated carbocycles. The lowest BCUT2D eigenvalue weighted by Gasteiger charge is -2.31. The van der Waals surface area contributed by atoms with Gasteiger partial charge in [0.05, 0.1) is 12.5 Å². The second-order valence-electron chi connectivity index (χ2n) is 5.41. The second kappa shape index (κ2) is 6.25. The van der Waals surface area contributed by atoms with Crippen molar-refractivity contribution in [3.8, 4) is 11.5 Å². The van der Waals surface area contributed by atoms with E-state index in [1.165, 1.54) is 0 Å². The number of nitrogens with zero attached hydrogens (tertiary/aromatic N) is 1. The van der Waals surface area contributed by atoms with E-state index in [-0.39, 0.29) is 24.6 Å². The first kappa shape index (κ1) is 14.7. The van der Waals surface area contributed by atoms with Crippen molar-refractivity contribution in [2.75, 3.05) is 26.5 Å². The summed E-state index contributed by atoms with van der Waals surface area (Å²) in [6.45, 7) is 3.40. The number of carbonyl (C=O) groups excluding carboxylic acids is 2. The summed E-state index contributed by atoms with van der Waals surface area (Å²) in [5.41, 5.74) is 0.550. The first-order valence-electron chi connectivity index (χ1n) is 7.54. The van der Waals surface area contributed by atoms with E-state index in [1.807, 2.05) is 0 Å². The molecule has 118 valence electrons. The Kier molecular flexibility index (Phi) is 4.18. The van der Waals surface area contributed by atoms with Crippen LogP contribution in [0.5, 0.6) is 11.5 Å². The number of fused-ring (bicyclic) bond motifs is 1. The molecule has 1 saturated heterocycles. The average molecular weight is 305 g/mol. The topological polar surface area (TPSA) is 65.1 Å². The van der Waals surface area contributed by atoms with E-state index in [4.69, 9.17) is 14.2 Å². The molecule has 1 amide bonds. The third-order valence-electron chi connectivity index (χ3n) is 3.95. The number of hydrogen-bond donors (Lipinski definition) is 0. The predicted octanol–water partition coefficient (Wildman–Crippen LogP) is 1.83. The van der Waals surface area contributed by atoms with Gasteiger partial charge in [-0.05, 0) is 38.0 Å². The Labute approximate surface area is 128 Å².